The average Bonchev–Trinajstić information content (AvgIpc) is 2.88. The maximum Gasteiger partial charge on any atom is 0.410 e. The molecule has 2 unspecified atom stereocenters. The van der Waals surface area contributed by atoms with Crippen molar-refractivity contribution in [2.75, 3.05) is 19.7 Å². The van der Waals surface area contributed by atoms with Gasteiger partial charge in [0.05, 0.1) is 12.1 Å². The summed E-state index contributed by atoms with van der Waals surface area (Å²) in [6.07, 6.45) is 0.160. The van der Waals surface area contributed by atoms with Crippen LogP contribution in [0.3, 0.4) is 0 Å². The molecular weight excluding hydrogens is 478 g/mol. The molecule has 3 aromatic rings. The molecule has 1 fully saturated rings. The van der Waals surface area contributed by atoms with E-state index >= 15 is 0 Å². The van der Waals surface area contributed by atoms with Crippen molar-refractivity contribution < 1.29 is 19.1 Å². The van der Waals surface area contributed by atoms with Crippen LogP contribution >= 0.6 is 0 Å². The van der Waals surface area contributed by atoms with E-state index in [4.69, 9.17) is 9.16 Å². The van der Waals surface area contributed by atoms with Crippen LogP contribution in [-0.4, -0.2) is 49.7 Å². The molecule has 2 atom stereocenters. The average molecular weight is 518 g/mol. The third kappa shape index (κ3) is 6.32. The summed E-state index contributed by atoms with van der Waals surface area (Å²) in [6, 6.07) is 30.7. The van der Waals surface area contributed by atoms with Gasteiger partial charge in [0.25, 0.3) is 8.32 Å². The van der Waals surface area contributed by atoms with Crippen LogP contribution in [-0.2, 0) is 15.8 Å². The summed E-state index contributed by atoms with van der Waals surface area (Å²) < 4.78 is 12.7. The molecular formula is C31H39NO4Si. The van der Waals surface area contributed by atoms with Gasteiger partial charge in [0.2, 0.25) is 0 Å². The molecule has 0 spiro atoms. The van der Waals surface area contributed by atoms with Gasteiger partial charge in [-0.1, -0.05) is 112 Å². The van der Waals surface area contributed by atoms with Crippen molar-refractivity contribution in [1.29, 1.82) is 0 Å². The van der Waals surface area contributed by atoms with Crippen molar-refractivity contribution in [3.8, 4) is 0 Å². The Balaban J connectivity index is 1.55. The first-order chi connectivity index (χ1) is 17.6. The van der Waals surface area contributed by atoms with E-state index in [9.17, 15) is 9.90 Å². The third-order valence-corrected chi connectivity index (χ3v) is 12.2. The Kier molecular flexibility index (Phi) is 8.22. The zero-order valence-corrected chi connectivity index (χ0v) is 23.4. The molecule has 0 bridgehead atoms. The zero-order valence-electron chi connectivity index (χ0n) is 22.4. The van der Waals surface area contributed by atoms with E-state index in [0.717, 1.165) is 5.56 Å². The molecule has 0 saturated carbocycles. The second-order valence-electron chi connectivity index (χ2n) is 11.5. The van der Waals surface area contributed by atoms with Gasteiger partial charge in [0.15, 0.2) is 0 Å². The molecule has 37 heavy (non-hydrogen) atoms. The van der Waals surface area contributed by atoms with Crippen molar-refractivity contribution in [2.24, 2.45) is 5.92 Å². The lowest BCUT2D eigenvalue weighted by Crippen LogP contribution is -2.67. The molecule has 6 heteroatoms. The molecule has 196 valence electrons. The first-order valence-electron chi connectivity index (χ1n) is 13.0. The molecule has 1 aliphatic rings. The van der Waals surface area contributed by atoms with E-state index in [1.165, 1.54) is 10.4 Å². The number of carbonyl (C=O) groups excluding carboxylic acids is 1. The number of ether oxygens (including phenoxy) is 1. The number of hydrogen-bond acceptors (Lipinski definition) is 4. The molecule has 0 radical (unpaired) electrons. The smallest absolute Gasteiger partial charge is 0.410 e. The Labute approximate surface area is 222 Å². The molecule has 1 saturated heterocycles. The Morgan fingerprint density at radius 3 is 1.97 bits per heavy atom. The second-order valence-corrected chi connectivity index (χ2v) is 15.8. The number of aliphatic hydroxyl groups is 1. The molecule has 1 aliphatic heterocycles. The normalized spacial score (nSPS) is 20.5. The highest BCUT2D eigenvalue weighted by molar-refractivity contribution is 6.99. The van der Waals surface area contributed by atoms with Gasteiger partial charge in [0, 0.05) is 19.1 Å². The number of piperidine rings is 1. The largest absolute Gasteiger partial charge is 0.445 e. The van der Waals surface area contributed by atoms with Gasteiger partial charge in [-0.05, 0) is 34.3 Å². The lowest BCUT2D eigenvalue weighted by atomic mass is 9.87. The Morgan fingerprint density at radius 2 is 1.46 bits per heavy atom. The standard InChI is InChI=1S/C31H39NO4Si/c1-30(2,3)37(27-16-10-6-11-17-27,28-18-12-7-13-19-28)36-23-26-20-31(4,34)24-32(21-26)29(33)35-22-25-14-8-5-9-15-25/h5-19,26,34H,20-24H2,1-4H3. The molecule has 1 heterocycles. The van der Waals surface area contributed by atoms with E-state index in [1.807, 2.05) is 42.5 Å². The summed E-state index contributed by atoms with van der Waals surface area (Å²) in [4.78, 5) is 14.6. The van der Waals surface area contributed by atoms with Crippen molar-refractivity contribution in [3.05, 3.63) is 96.6 Å². The minimum atomic E-state index is -2.70. The fraction of sp³-hybridized carbons (Fsp3) is 0.387. The number of benzene rings is 3. The van der Waals surface area contributed by atoms with Crippen LogP contribution < -0.4 is 10.4 Å². The minimum Gasteiger partial charge on any atom is -0.445 e. The monoisotopic (exact) mass is 517 g/mol. The van der Waals surface area contributed by atoms with Crippen molar-refractivity contribution in [2.45, 2.75) is 51.4 Å². The number of likely N-dealkylation sites (tertiary alicyclic amines) is 1. The third-order valence-electron chi connectivity index (χ3n) is 7.15. The lowest BCUT2D eigenvalue weighted by molar-refractivity contribution is -0.0459. The van der Waals surface area contributed by atoms with Crippen LogP contribution in [0.15, 0.2) is 91.0 Å². The van der Waals surface area contributed by atoms with Crippen LogP contribution in [0.1, 0.15) is 39.7 Å². The predicted octanol–water partition coefficient (Wildman–Crippen LogP) is 4.97. The van der Waals surface area contributed by atoms with Crippen LogP contribution in [0, 0.1) is 5.92 Å². The number of nitrogens with zero attached hydrogens (tertiary/aromatic N) is 1. The van der Waals surface area contributed by atoms with Crippen LogP contribution in [0.25, 0.3) is 0 Å². The fourth-order valence-electron chi connectivity index (χ4n) is 5.60. The first kappa shape index (κ1) is 27.1. The van der Waals surface area contributed by atoms with Gasteiger partial charge in [-0.15, -0.1) is 0 Å². The topological polar surface area (TPSA) is 59.0 Å². The van der Waals surface area contributed by atoms with E-state index < -0.39 is 20.0 Å². The first-order valence-corrected chi connectivity index (χ1v) is 14.9. The quantitative estimate of drug-likeness (QED) is 0.450. The summed E-state index contributed by atoms with van der Waals surface area (Å²) in [5, 5.41) is 13.4. The Bertz CT molecular complexity index is 1110. The van der Waals surface area contributed by atoms with Crippen molar-refractivity contribution >= 4 is 24.8 Å². The highest BCUT2D eigenvalue weighted by atomic mass is 28.4. The maximum absolute atomic E-state index is 13.0. The number of hydrogen-bond donors (Lipinski definition) is 1. The summed E-state index contributed by atoms with van der Waals surface area (Å²) >= 11 is 0. The molecule has 0 aromatic heterocycles. The minimum absolute atomic E-state index is 0.0188. The lowest BCUT2D eigenvalue weighted by Gasteiger charge is -2.46. The van der Waals surface area contributed by atoms with E-state index in [1.54, 1.807) is 11.8 Å². The molecule has 0 aliphatic carbocycles. The van der Waals surface area contributed by atoms with Crippen molar-refractivity contribution in [3.63, 3.8) is 0 Å². The molecule has 1 amide bonds. The zero-order chi connectivity index (χ0) is 26.5. The highest BCUT2D eigenvalue weighted by Gasteiger charge is 2.51. The summed E-state index contributed by atoms with van der Waals surface area (Å²) in [7, 11) is -2.70. The maximum atomic E-state index is 13.0. The van der Waals surface area contributed by atoms with Gasteiger partial charge >= 0.3 is 6.09 Å². The van der Waals surface area contributed by atoms with Gasteiger partial charge in [-0.2, -0.15) is 0 Å². The van der Waals surface area contributed by atoms with Crippen LogP contribution in [0.4, 0.5) is 4.79 Å². The van der Waals surface area contributed by atoms with Gasteiger partial charge in [0.1, 0.15) is 6.61 Å². The van der Waals surface area contributed by atoms with E-state index in [-0.39, 0.29) is 24.1 Å². The molecule has 3 aromatic carbocycles. The van der Waals surface area contributed by atoms with Gasteiger partial charge in [-0.25, -0.2) is 4.79 Å². The molecule has 1 N–H and O–H groups in total. The van der Waals surface area contributed by atoms with Gasteiger partial charge in [-0.3, -0.25) is 0 Å². The molecule has 4 rings (SSSR count). The second kappa shape index (κ2) is 11.2. The fourth-order valence-corrected chi connectivity index (χ4v) is 10.2. The number of amides is 1. The highest BCUT2D eigenvalue weighted by Crippen LogP contribution is 2.38. The number of rotatable bonds is 7. The van der Waals surface area contributed by atoms with Crippen molar-refractivity contribution in [1.82, 2.24) is 4.90 Å². The Morgan fingerprint density at radius 1 is 0.946 bits per heavy atom. The summed E-state index contributed by atoms with van der Waals surface area (Å²) in [6.45, 7) is 9.95. The van der Waals surface area contributed by atoms with Crippen LogP contribution in [0.2, 0.25) is 5.04 Å². The summed E-state index contributed by atoms with van der Waals surface area (Å²) in [5.74, 6) is -0.0188. The molecule has 5 nitrogen and oxygen atoms in total. The van der Waals surface area contributed by atoms with Crippen LogP contribution in [0.5, 0.6) is 0 Å². The number of carbonyl (C=O) groups is 1. The van der Waals surface area contributed by atoms with E-state index in [0.29, 0.717) is 19.6 Å². The predicted molar refractivity (Wildman–Crippen MR) is 151 cm³/mol. The SMILES string of the molecule is CC1(O)CC(CO[Si](c2ccccc2)(c2ccccc2)C(C)(C)C)CN(C(=O)OCc2ccccc2)C1. The summed E-state index contributed by atoms with van der Waals surface area (Å²) in [5.41, 5.74) is -0.0741. The Hall–Kier alpha value is -2.93. The number of β-amino-alcohol motifs (C(OH)–C–C–N with tert-alkyl or cyclic N) is 1. The van der Waals surface area contributed by atoms with Gasteiger partial charge < -0.3 is 19.2 Å². The van der Waals surface area contributed by atoms with E-state index in [2.05, 4.69) is 69.3 Å².